The van der Waals surface area contributed by atoms with Crippen LogP contribution in [-0.2, 0) is 16.0 Å². The van der Waals surface area contributed by atoms with Crippen molar-refractivity contribution in [1.29, 1.82) is 0 Å². The number of ether oxygens (including phenoxy) is 2. The highest BCUT2D eigenvalue weighted by molar-refractivity contribution is 5.97. The molecule has 2 amide bonds. The number of benzene rings is 2. The maximum atomic E-state index is 13.6. The summed E-state index contributed by atoms with van der Waals surface area (Å²) in [4.78, 5) is 31.4. The number of aromatic nitrogens is 1. The third-order valence-corrected chi connectivity index (χ3v) is 5.12. The largest absolute Gasteiger partial charge is 0.454 e. The number of hydrogen-bond acceptors (Lipinski definition) is 4. The molecule has 7 heteroatoms. The van der Waals surface area contributed by atoms with E-state index < -0.39 is 84.7 Å². The predicted octanol–water partition coefficient (Wildman–Crippen LogP) is 2.21. The predicted molar refractivity (Wildman–Crippen MR) is 105 cm³/mol. The Morgan fingerprint density at radius 2 is 2.03 bits per heavy atom. The van der Waals surface area contributed by atoms with Crippen LogP contribution in [0.25, 0.3) is 10.9 Å². The van der Waals surface area contributed by atoms with Gasteiger partial charge < -0.3 is 24.3 Å². The van der Waals surface area contributed by atoms with Gasteiger partial charge in [0, 0.05) is 32.8 Å². The standard InChI is InChI=1S/C22H19N3O4/c1-24-10-19(26)25-16(22(24)27)9-14-13-4-2-3-5-15(13)23-20(14)21(25)12-6-7-17-18(8-12)29-11-28-17/h2-8,16,21,23H,9-11H2,1H3/t16-,21?/m1/s1/i2D,3D,4D,5D,6D,7D,8D,9D2,16D. The minimum Gasteiger partial charge on any atom is -0.454 e. The fourth-order valence-electron chi connectivity index (χ4n) is 3.81. The van der Waals surface area contributed by atoms with Crippen LogP contribution in [0, 0.1) is 0 Å². The van der Waals surface area contributed by atoms with Crippen LogP contribution in [0.15, 0.2) is 42.3 Å². The monoisotopic (exact) mass is 399 g/mol. The highest BCUT2D eigenvalue weighted by atomic mass is 16.7. The fourth-order valence-corrected chi connectivity index (χ4v) is 3.81. The van der Waals surface area contributed by atoms with Crippen LogP contribution < -0.4 is 9.47 Å². The average molecular weight is 399 g/mol. The molecule has 0 spiro atoms. The Labute approximate surface area is 180 Å². The summed E-state index contributed by atoms with van der Waals surface area (Å²) in [5.74, 6) is -2.37. The third kappa shape index (κ3) is 2.24. The number of piperazine rings is 1. The number of nitrogens with one attached hydrogen (secondary N) is 1. The Balaban J connectivity index is 1.83. The number of amides is 2. The lowest BCUT2D eigenvalue weighted by molar-refractivity contribution is -0.157. The zero-order valence-electron chi connectivity index (χ0n) is 25.0. The van der Waals surface area contributed by atoms with E-state index in [0.29, 0.717) is 4.90 Å². The Kier molecular flexibility index (Phi) is 1.86. The van der Waals surface area contributed by atoms with Gasteiger partial charge in [0.25, 0.3) is 0 Å². The summed E-state index contributed by atoms with van der Waals surface area (Å²) in [6, 6.07) is -8.74. The summed E-state index contributed by atoms with van der Waals surface area (Å²) < 4.78 is 97.0. The Hall–Kier alpha value is -3.48. The molecule has 0 bridgehead atoms. The second-order valence-electron chi connectivity index (χ2n) is 6.82. The number of carbonyl (C=O) groups is 2. The second-order valence-corrected chi connectivity index (χ2v) is 6.82. The highest BCUT2D eigenvalue weighted by Gasteiger charge is 2.47. The van der Waals surface area contributed by atoms with Crippen molar-refractivity contribution in [3.8, 4) is 11.5 Å². The molecule has 6 rings (SSSR count). The van der Waals surface area contributed by atoms with E-state index in [1.54, 1.807) is 0 Å². The van der Waals surface area contributed by atoms with E-state index in [1.165, 1.54) is 7.05 Å². The number of carbonyl (C=O) groups excluding carboxylic acids is 2. The third-order valence-electron chi connectivity index (χ3n) is 5.12. The number of likely N-dealkylation sites (N-methyl/N-ethyl adjacent to an activating group) is 1. The zero-order chi connectivity index (χ0) is 28.5. The molecule has 1 saturated heterocycles. The van der Waals surface area contributed by atoms with Crippen molar-refractivity contribution in [3.63, 3.8) is 0 Å². The topological polar surface area (TPSA) is 74.9 Å². The molecule has 0 radical (unpaired) electrons. The molecule has 7 nitrogen and oxygen atoms in total. The van der Waals surface area contributed by atoms with E-state index in [4.69, 9.17) is 21.8 Å². The Morgan fingerprint density at radius 1 is 1.21 bits per heavy atom. The molecular formula is C22H19N3O4. The molecule has 2 aromatic carbocycles. The molecule has 3 aliphatic rings. The van der Waals surface area contributed by atoms with Crippen molar-refractivity contribution in [3.05, 3.63) is 59.1 Å². The van der Waals surface area contributed by atoms with E-state index in [-0.39, 0.29) is 40.5 Å². The average Bonchev–Trinajstić information content (AvgIpc) is 3.53. The number of hydrogen-bond donors (Lipinski definition) is 1. The molecule has 29 heavy (non-hydrogen) atoms. The van der Waals surface area contributed by atoms with Crippen molar-refractivity contribution < 1.29 is 32.8 Å². The first-order valence-electron chi connectivity index (χ1n) is 13.8. The molecule has 1 unspecified atom stereocenters. The molecule has 3 aromatic rings. The Morgan fingerprint density at radius 3 is 2.93 bits per heavy atom. The quantitative estimate of drug-likeness (QED) is 0.681. The number of fused-ring (bicyclic) bond motifs is 5. The molecular weight excluding hydrogens is 370 g/mol. The van der Waals surface area contributed by atoms with Gasteiger partial charge >= 0.3 is 0 Å². The van der Waals surface area contributed by atoms with Gasteiger partial charge in [0.2, 0.25) is 18.6 Å². The molecule has 4 heterocycles. The molecule has 1 fully saturated rings. The summed E-state index contributed by atoms with van der Waals surface area (Å²) in [6.07, 6.45) is -3.03. The lowest BCUT2D eigenvalue weighted by Crippen LogP contribution is -2.62. The van der Waals surface area contributed by atoms with Crippen LogP contribution in [0.3, 0.4) is 0 Å². The van der Waals surface area contributed by atoms with Crippen LogP contribution >= 0.6 is 0 Å². The molecule has 146 valence electrons. The molecule has 1 N–H and O–H groups in total. The van der Waals surface area contributed by atoms with E-state index in [1.807, 2.05) is 0 Å². The first-order chi connectivity index (χ1) is 18.2. The molecule has 0 saturated carbocycles. The van der Waals surface area contributed by atoms with E-state index in [9.17, 15) is 11.0 Å². The van der Waals surface area contributed by atoms with Gasteiger partial charge in [-0.2, -0.15) is 0 Å². The molecule has 3 aliphatic heterocycles. The van der Waals surface area contributed by atoms with Crippen molar-refractivity contribution in [2.24, 2.45) is 0 Å². The number of rotatable bonds is 1. The van der Waals surface area contributed by atoms with Crippen molar-refractivity contribution in [2.75, 3.05) is 20.4 Å². The van der Waals surface area contributed by atoms with E-state index in [2.05, 4.69) is 4.98 Å². The minimum atomic E-state index is -3.03. The maximum absolute atomic E-state index is 13.6. The number of nitrogens with zero attached hydrogens (tertiary/aromatic N) is 2. The summed E-state index contributed by atoms with van der Waals surface area (Å²) in [5, 5.41) is -0.323. The van der Waals surface area contributed by atoms with Crippen LogP contribution in [0.1, 0.15) is 36.6 Å². The van der Waals surface area contributed by atoms with Gasteiger partial charge in [0.05, 0.1) is 23.6 Å². The Bertz CT molecular complexity index is 1670. The number of para-hydroxylation sites is 1. The molecule has 1 aromatic heterocycles. The van der Waals surface area contributed by atoms with Gasteiger partial charge in [-0.1, -0.05) is 24.2 Å². The minimum absolute atomic E-state index is 0.172. The van der Waals surface area contributed by atoms with Gasteiger partial charge in [-0.3, -0.25) is 9.59 Å². The SMILES string of the molecule is [2H]c1c([2H])c(C2c3[nH]c4c([2H])c([2H])c([2H])c([2H])c4c3C([2H])([2H])[C@]3([2H])C(=O)N(C)CC(=O)N23)c([2H])c2c1OCO2. The van der Waals surface area contributed by atoms with Gasteiger partial charge in [0.1, 0.15) is 6.02 Å². The summed E-state index contributed by atoms with van der Waals surface area (Å²) >= 11 is 0. The van der Waals surface area contributed by atoms with Crippen LogP contribution in [0.4, 0.5) is 0 Å². The highest BCUT2D eigenvalue weighted by Crippen LogP contribution is 2.44. The molecule has 2 atom stereocenters. The first kappa shape index (κ1) is 9.35. The van der Waals surface area contributed by atoms with Gasteiger partial charge in [-0.25, -0.2) is 0 Å². The van der Waals surface area contributed by atoms with Gasteiger partial charge in [0.15, 0.2) is 11.5 Å². The van der Waals surface area contributed by atoms with Crippen molar-refractivity contribution in [1.82, 2.24) is 14.8 Å². The summed E-state index contributed by atoms with van der Waals surface area (Å²) in [6.45, 7) is -0.875. The normalized spacial score (nSPS) is 32.0. The van der Waals surface area contributed by atoms with Gasteiger partial charge in [-0.15, -0.1) is 0 Å². The van der Waals surface area contributed by atoms with Gasteiger partial charge in [-0.05, 0) is 29.3 Å². The van der Waals surface area contributed by atoms with Crippen LogP contribution in [0.5, 0.6) is 11.5 Å². The first-order valence-corrected chi connectivity index (χ1v) is 8.77. The number of H-pyrrole nitrogens is 1. The summed E-state index contributed by atoms with van der Waals surface area (Å²) in [5.41, 5.74) is -1.30. The summed E-state index contributed by atoms with van der Waals surface area (Å²) in [7, 11) is 1.23. The van der Waals surface area contributed by atoms with Crippen molar-refractivity contribution in [2.45, 2.75) is 18.4 Å². The number of aromatic amines is 1. The van der Waals surface area contributed by atoms with E-state index in [0.717, 1.165) is 4.90 Å². The van der Waals surface area contributed by atoms with Crippen LogP contribution in [-0.4, -0.2) is 53.0 Å². The van der Waals surface area contributed by atoms with Crippen LogP contribution in [0.2, 0.25) is 0 Å². The van der Waals surface area contributed by atoms with E-state index >= 15 is 0 Å². The van der Waals surface area contributed by atoms with Crippen molar-refractivity contribution >= 4 is 22.7 Å². The lowest BCUT2D eigenvalue weighted by Gasteiger charge is -2.46. The lowest BCUT2D eigenvalue weighted by atomic mass is 9.86. The fraction of sp³-hybridized carbons (Fsp3) is 0.273. The molecule has 0 aliphatic carbocycles. The smallest absolute Gasteiger partial charge is 0.245 e. The maximum Gasteiger partial charge on any atom is 0.245 e. The second kappa shape index (κ2) is 5.76. The zero-order valence-corrected chi connectivity index (χ0v) is 15.0.